The van der Waals surface area contributed by atoms with E-state index in [4.69, 9.17) is 0 Å². The molecule has 1 aliphatic rings. The molecule has 1 aliphatic carbocycles. The second-order valence-electron chi connectivity index (χ2n) is 5.04. The SMILES string of the molecule is Cc1ccnc(NCC2(N(C)C)CCC2)c1. The number of nitrogens with zero attached hydrogens (tertiary/aromatic N) is 2. The molecule has 1 heterocycles. The van der Waals surface area contributed by atoms with Gasteiger partial charge in [-0.2, -0.15) is 0 Å². The molecule has 3 heteroatoms. The Morgan fingerprint density at radius 2 is 2.19 bits per heavy atom. The quantitative estimate of drug-likeness (QED) is 0.842. The van der Waals surface area contributed by atoms with Gasteiger partial charge in [0.15, 0.2) is 0 Å². The van der Waals surface area contributed by atoms with Crippen LogP contribution in [0.25, 0.3) is 0 Å². The fourth-order valence-corrected chi connectivity index (χ4v) is 2.25. The van der Waals surface area contributed by atoms with Gasteiger partial charge in [-0.1, -0.05) is 0 Å². The van der Waals surface area contributed by atoms with E-state index < -0.39 is 0 Å². The molecule has 3 nitrogen and oxygen atoms in total. The van der Waals surface area contributed by atoms with Crippen molar-refractivity contribution in [2.24, 2.45) is 0 Å². The number of hydrogen-bond donors (Lipinski definition) is 1. The highest BCUT2D eigenvalue weighted by Gasteiger charge is 2.38. The Morgan fingerprint density at radius 3 is 2.69 bits per heavy atom. The van der Waals surface area contributed by atoms with Gasteiger partial charge in [0.2, 0.25) is 0 Å². The van der Waals surface area contributed by atoms with E-state index in [0.717, 1.165) is 12.4 Å². The van der Waals surface area contributed by atoms with E-state index in [1.54, 1.807) is 0 Å². The predicted octanol–water partition coefficient (Wildman–Crippen LogP) is 2.29. The maximum atomic E-state index is 4.33. The van der Waals surface area contributed by atoms with Crippen LogP contribution in [0.5, 0.6) is 0 Å². The van der Waals surface area contributed by atoms with Crippen LogP contribution in [0.15, 0.2) is 18.3 Å². The Labute approximate surface area is 97.9 Å². The molecular formula is C13H21N3. The van der Waals surface area contributed by atoms with Crippen LogP contribution in [0.1, 0.15) is 24.8 Å². The van der Waals surface area contributed by atoms with Crippen LogP contribution in [0.4, 0.5) is 5.82 Å². The Kier molecular flexibility index (Phi) is 3.15. The zero-order valence-electron chi connectivity index (χ0n) is 10.5. The lowest BCUT2D eigenvalue weighted by Gasteiger charge is -2.47. The zero-order valence-corrected chi connectivity index (χ0v) is 10.5. The normalized spacial score (nSPS) is 18.2. The minimum Gasteiger partial charge on any atom is -0.368 e. The number of hydrogen-bond acceptors (Lipinski definition) is 3. The summed E-state index contributed by atoms with van der Waals surface area (Å²) in [5.74, 6) is 0.994. The first kappa shape index (κ1) is 11.4. The summed E-state index contributed by atoms with van der Waals surface area (Å²) in [4.78, 5) is 6.68. The van der Waals surface area contributed by atoms with E-state index in [1.807, 2.05) is 12.3 Å². The van der Waals surface area contributed by atoms with Crippen molar-refractivity contribution in [1.29, 1.82) is 0 Å². The minimum absolute atomic E-state index is 0.353. The average Bonchev–Trinajstić information content (AvgIpc) is 2.15. The first-order chi connectivity index (χ1) is 7.62. The lowest BCUT2D eigenvalue weighted by molar-refractivity contribution is 0.0738. The Bertz CT molecular complexity index is 356. The molecule has 16 heavy (non-hydrogen) atoms. The van der Waals surface area contributed by atoms with Crippen molar-refractivity contribution in [3.63, 3.8) is 0 Å². The lowest BCUT2D eigenvalue weighted by atomic mass is 9.75. The van der Waals surface area contributed by atoms with Crippen LogP contribution in [0.3, 0.4) is 0 Å². The third-order valence-corrected chi connectivity index (χ3v) is 3.75. The highest BCUT2D eigenvalue weighted by molar-refractivity contribution is 5.37. The maximum Gasteiger partial charge on any atom is 0.126 e. The fraction of sp³-hybridized carbons (Fsp3) is 0.615. The predicted molar refractivity (Wildman–Crippen MR) is 67.7 cm³/mol. The molecule has 1 saturated carbocycles. The van der Waals surface area contributed by atoms with Crippen molar-refractivity contribution in [1.82, 2.24) is 9.88 Å². The molecule has 88 valence electrons. The highest BCUT2D eigenvalue weighted by Crippen LogP contribution is 2.36. The van der Waals surface area contributed by atoms with Gasteiger partial charge in [-0.15, -0.1) is 0 Å². The molecule has 0 saturated heterocycles. The second-order valence-corrected chi connectivity index (χ2v) is 5.04. The van der Waals surface area contributed by atoms with Gasteiger partial charge in [-0.3, -0.25) is 0 Å². The second kappa shape index (κ2) is 4.42. The fourth-order valence-electron chi connectivity index (χ4n) is 2.25. The van der Waals surface area contributed by atoms with Crippen LogP contribution < -0.4 is 5.32 Å². The molecule has 0 bridgehead atoms. The number of aromatic nitrogens is 1. The number of nitrogens with one attached hydrogen (secondary N) is 1. The van der Waals surface area contributed by atoms with Gasteiger partial charge < -0.3 is 10.2 Å². The van der Waals surface area contributed by atoms with Crippen LogP contribution in [0, 0.1) is 6.92 Å². The molecule has 1 fully saturated rings. The van der Waals surface area contributed by atoms with E-state index in [9.17, 15) is 0 Å². The van der Waals surface area contributed by atoms with Crippen LogP contribution in [0.2, 0.25) is 0 Å². The summed E-state index contributed by atoms with van der Waals surface area (Å²) in [6, 6.07) is 4.12. The average molecular weight is 219 g/mol. The lowest BCUT2D eigenvalue weighted by Crippen LogP contribution is -2.54. The van der Waals surface area contributed by atoms with Gasteiger partial charge >= 0.3 is 0 Å². The molecule has 1 aromatic heterocycles. The van der Waals surface area contributed by atoms with E-state index in [-0.39, 0.29) is 0 Å². The van der Waals surface area contributed by atoms with Crippen molar-refractivity contribution in [3.05, 3.63) is 23.9 Å². The number of rotatable bonds is 4. The summed E-state index contributed by atoms with van der Waals surface area (Å²) in [6.45, 7) is 3.09. The summed E-state index contributed by atoms with van der Waals surface area (Å²) in [5, 5.41) is 3.46. The van der Waals surface area contributed by atoms with Gasteiger partial charge in [0.05, 0.1) is 0 Å². The maximum absolute atomic E-state index is 4.33. The molecule has 0 atom stereocenters. The van der Waals surface area contributed by atoms with Gasteiger partial charge in [-0.25, -0.2) is 4.98 Å². The monoisotopic (exact) mass is 219 g/mol. The standard InChI is InChI=1S/C13H21N3/c1-11-5-8-14-12(9-11)15-10-13(16(2)3)6-4-7-13/h5,8-9H,4,6-7,10H2,1-3H3,(H,14,15). The molecule has 2 rings (SSSR count). The van der Waals surface area contributed by atoms with Crippen molar-refractivity contribution in [2.75, 3.05) is 26.0 Å². The van der Waals surface area contributed by atoms with E-state index in [1.165, 1.54) is 24.8 Å². The smallest absolute Gasteiger partial charge is 0.126 e. The Morgan fingerprint density at radius 1 is 1.44 bits per heavy atom. The number of aryl methyl sites for hydroxylation is 1. The molecule has 0 amide bonds. The molecule has 1 N–H and O–H groups in total. The summed E-state index contributed by atoms with van der Waals surface area (Å²) in [6.07, 6.45) is 5.79. The summed E-state index contributed by atoms with van der Waals surface area (Å²) < 4.78 is 0. The van der Waals surface area contributed by atoms with Gasteiger partial charge in [-0.05, 0) is 58.0 Å². The highest BCUT2D eigenvalue weighted by atomic mass is 15.2. The van der Waals surface area contributed by atoms with Crippen molar-refractivity contribution < 1.29 is 0 Å². The third kappa shape index (κ3) is 2.19. The molecule has 0 radical (unpaired) electrons. The molecule has 0 unspecified atom stereocenters. The zero-order chi connectivity index (χ0) is 11.6. The van der Waals surface area contributed by atoms with Crippen molar-refractivity contribution >= 4 is 5.82 Å². The van der Waals surface area contributed by atoms with Crippen molar-refractivity contribution in [2.45, 2.75) is 31.7 Å². The number of pyridine rings is 1. The van der Waals surface area contributed by atoms with Gasteiger partial charge in [0.1, 0.15) is 5.82 Å². The topological polar surface area (TPSA) is 28.2 Å². The van der Waals surface area contributed by atoms with Crippen molar-refractivity contribution in [3.8, 4) is 0 Å². The minimum atomic E-state index is 0.353. The first-order valence-electron chi connectivity index (χ1n) is 5.96. The molecular weight excluding hydrogens is 198 g/mol. The summed E-state index contributed by atoms with van der Waals surface area (Å²) in [7, 11) is 4.34. The number of likely N-dealkylation sites (N-methyl/N-ethyl adjacent to an activating group) is 1. The summed E-state index contributed by atoms with van der Waals surface area (Å²) in [5.41, 5.74) is 1.61. The van der Waals surface area contributed by atoms with E-state index >= 15 is 0 Å². The summed E-state index contributed by atoms with van der Waals surface area (Å²) >= 11 is 0. The Hall–Kier alpha value is -1.09. The molecule has 1 aromatic rings. The van der Waals surface area contributed by atoms with Gasteiger partial charge in [0, 0.05) is 18.3 Å². The molecule has 0 aromatic carbocycles. The van der Waals surface area contributed by atoms with Crippen LogP contribution in [-0.4, -0.2) is 36.1 Å². The first-order valence-corrected chi connectivity index (χ1v) is 5.96. The molecule has 0 aliphatic heterocycles. The van der Waals surface area contributed by atoms with E-state index in [0.29, 0.717) is 5.54 Å². The van der Waals surface area contributed by atoms with E-state index in [2.05, 4.69) is 42.3 Å². The van der Waals surface area contributed by atoms with Crippen LogP contribution >= 0.6 is 0 Å². The van der Waals surface area contributed by atoms with Crippen LogP contribution in [-0.2, 0) is 0 Å². The Balaban J connectivity index is 1.96. The van der Waals surface area contributed by atoms with Gasteiger partial charge in [0.25, 0.3) is 0 Å². The number of anilines is 1. The largest absolute Gasteiger partial charge is 0.368 e. The molecule has 0 spiro atoms. The third-order valence-electron chi connectivity index (χ3n) is 3.75.